The Morgan fingerprint density at radius 2 is 2.33 bits per heavy atom. The van der Waals surface area contributed by atoms with Gasteiger partial charge in [0.2, 0.25) is 5.91 Å². The molecule has 5 heteroatoms. The van der Waals surface area contributed by atoms with Crippen LogP contribution in [-0.4, -0.2) is 53.3 Å². The molecule has 0 aromatic carbocycles. The molecule has 0 aromatic rings. The van der Waals surface area contributed by atoms with Crippen molar-refractivity contribution in [3.63, 3.8) is 0 Å². The monoisotopic (exact) mass is 324 g/mol. The fourth-order valence-electron chi connectivity index (χ4n) is 1.49. The highest BCUT2D eigenvalue weighted by Gasteiger charge is 2.23. The van der Waals surface area contributed by atoms with Gasteiger partial charge in [-0.05, 0) is 6.92 Å². The van der Waals surface area contributed by atoms with E-state index in [1.807, 2.05) is 4.90 Å². The van der Waals surface area contributed by atoms with Crippen molar-refractivity contribution in [3.8, 4) is 0 Å². The molecule has 0 spiro atoms. The van der Waals surface area contributed by atoms with Gasteiger partial charge in [0.1, 0.15) is 0 Å². The van der Waals surface area contributed by atoms with Gasteiger partial charge in [0.15, 0.2) is 0 Å². The third kappa shape index (κ3) is 4.08. The molecular weight excluding hydrogens is 307 g/mol. The molecule has 1 atom stereocenters. The van der Waals surface area contributed by atoms with Crippen LogP contribution in [0.1, 0.15) is 6.92 Å². The molecule has 1 saturated heterocycles. The summed E-state index contributed by atoms with van der Waals surface area (Å²) in [6.07, 6.45) is 3.35. The summed E-state index contributed by atoms with van der Waals surface area (Å²) in [4.78, 5) is 13.6. The van der Waals surface area contributed by atoms with Crippen LogP contribution in [0.15, 0.2) is 12.2 Å². The van der Waals surface area contributed by atoms with Crippen LogP contribution in [0.25, 0.3) is 0 Å². The van der Waals surface area contributed by atoms with Gasteiger partial charge in [-0.15, -0.1) is 0 Å². The Balaban J connectivity index is 2.40. The Morgan fingerprint density at radius 3 is 2.93 bits per heavy atom. The third-order valence-corrected chi connectivity index (χ3v) is 3.81. The fraction of sp³-hybridized carbons (Fsp3) is 0.700. The fourth-order valence-corrected chi connectivity index (χ4v) is 1.88. The molecule has 0 saturated carbocycles. The molecule has 1 aliphatic heterocycles. The van der Waals surface area contributed by atoms with Crippen LogP contribution in [0.4, 0.5) is 0 Å². The Labute approximate surface area is 105 Å². The topological polar surface area (TPSA) is 32.8 Å². The number of halogens is 1. The predicted molar refractivity (Wildman–Crippen MR) is 67.8 cm³/mol. The zero-order valence-corrected chi connectivity index (χ0v) is 11.3. The average molecular weight is 324 g/mol. The molecule has 86 valence electrons. The number of amides is 1. The number of nitrogens with zero attached hydrogens (tertiary/aromatic N) is 2. The lowest BCUT2D eigenvalue weighted by Crippen LogP contribution is -2.49. The van der Waals surface area contributed by atoms with Crippen molar-refractivity contribution in [2.75, 3.05) is 33.4 Å². The Morgan fingerprint density at radius 1 is 1.60 bits per heavy atom. The maximum absolute atomic E-state index is 11.7. The van der Waals surface area contributed by atoms with Gasteiger partial charge >= 0.3 is 0 Å². The highest BCUT2D eigenvalue weighted by molar-refractivity contribution is 14.1. The van der Waals surface area contributed by atoms with Crippen LogP contribution in [0.3, 0.4) is 0 Å². The van der Waals surface area contributed by atoms with Gasteiger partial charge in [0.05, 0.1) is 6.61 Å². The van der Waals surface area contributed by atoms with Gasteiger partial charge < -0.3 is 9.64 Å². The molecule has 15 heavy (non-hydrogen) atoms. The van der Waals surface area contributed by atoms with Crippen LogP contribution in [0.2, 0.25) is 0 Å². The summed E-state index contributed by atoms with van der Waals surface area (Å²) < 4.78 is 7.09. The molecule has 1 heterocycles. The van der Waals surface area contributed by atoms with Crippen LogP contribution >= 0.6 is 22.9 Å². The van der Waals surface area contributed by atoms with Crippen molar-refractivity contribution in [1.82, 2.24) is 8.01 Å². The van der Waals surface area contributed by atoms with E-state index in [1.54, 1.807) is 19.3 Å². The van der Waals surface area contributed by atoms with Crippen molar-refractivity contribution < 1.29 is 9.53 Å². The highest BCUT2D eigenvalue weighted by atomic mass is 127. The van der Waals surface area contributed by atoms with Crippen LogP contribution in [0, 0.1) is 0 Å². The number of hydrogen-bond acceptors (Lipinski definition) is 3. The lowest BCUT2D eigenvalue weighted by molar-refractivity contribution is -0.127. The molecule has 0 bridgehead atoms. The lowest BCUT2D eigenvalue weighted by Gasteiger charge is -2.35. The van der Waals surface area contributed by atoms with Gasteiger partial charge in [-0.3, -0.25) is 4.79 Å². The van der Waals surface area contributed by atoms with Gasteiger partial charge in [-0.25, -0.2) is 3.11 Å². The molecule has 1 rings (SSSR count). The second-order valence-corrected chi connectivity index (χ2v) is 4.85. The summed E-state index contributed by atoms with van der Waals surface area (Å²) in [5.41, 5.74) is 0. The molecule has 0 aromatic heterocycles. The van der Waals surface area contributed by atoms with Crippen molar-refractivity contribution in [3.05, 3.63) is 12.2 Å². The number of piperazine rings is 1. The first-order chi connectivity index (χ1) is 7.15. The minimum atomic E-state index is 0.0865. The van der Waals surface area contributed by atoms with Crippen LogP contribution in [0.5, 0.6) is 0 Å². The van der Waals surface area contributed by atoms with Gasteiger partial charge in [-0.1, -0.05) is 6.08 Å². The summed E-state index contributed by atoms with van der Waals surface area (Å²) >= 11 is 2.31. The molecule has 1 aliphatic rings. The summed E-state index contributed by atoms with van der Waals surface area (Å²) in [7, 11) is 1.62. The van der Waals surface area contributed by atoms with E-state index in [0.717, 1.165) is 19.6 Å². The first-order valence-electron chi connectivity index (χ1n) is 5.02. The Kier molecular flexibility index (Phi) is 5.55. The third-order valence-electron chi connectivity index (χ3n) is 2.38. The van der Waals surface area contributed by atoms with E-state index in [1.165, 1.54) is 0 Å². The highest BCUT2D eigenvalue weighted by Crippen LogP contribution is 2.13. The largest absolute Gasteiger partial charge is 0.381 e. The summed E-state index contributed by atoms with van der Waals surface area (Å²) in [6.45, 7) is 5.17. The molecule has 1 unspecified atom stereocenters. The van der Waals surface area contributed by atoms with Crippen molar-refractivity contribution in [1.29, 1.82) is 0 Å². The zero-order chi connectivity index (χ0) is 11.3. The van der Waals surface area contributed by atoms with Crippen molar-refractivity contribution in [2.45, 2.75) is 13.0 Å². The molecule has 0 N–H and O–H groups in total. The van der Waals surface area contributed by atoms with E-state index >= 15 is 0 Å². The van der Waals surface area contributed by atoms with Crippen LogP contribution < -0.4 is 0 Å². The SMILES string of the molecule is COC/C=C/C(=O)N1CCN(I)C(C)C1. The van der Waals surface area contributed by atoms with E-state index in [0.29, 0.717) is 12.6 Å². The van der Waals surface area contributed by atoms with E-state index in [4.69, 9.17) is 4.74 Å². The van der Waals surface area contributed by atoms with Crippen molar-refractivity contribution >= 4 is 28.8 Å². The number of methoxy groups -OCH3 is 1. The smallest absolute Gasteiger partial charge is 0.246 e. The first kappa shape index (κ1) is 12.9. The molecule has 0 aliphatic carbocycles. The zero-order valence-electron chi connectivity index (χ0n) is 9.15. The Hall–Kier alpha value is -0.140. The molecule has 0 radical (unpaired) electrons. The molecular formula is C10H17IN2O2. The minimum Gasteiger partial charge on any atom is -0.381 e. The second kappa shape index (κ2) is 6.44. The van der Waals surface area contributed by atoms with Gasteiger partial charge in [0.25, 0.3) is 0 Å². The number of hydrogen-bond donors (Lipinski definition) is 0. The van der Waals surface area contributed by atoms with E-state index in [9.17, 15) is 4.79 Å². The standard InChI is InChI=1S/C10H17IN2O2/c1-9-8-12(5-6-13(9)11)10(14)4-3-7-15-2/h3-4,9H,5-8H2,1-2H3/b4-3+. The molecule has 4 nitrogen and oxygen atoms in total. The normalized spacial score (nSPS) is 23.7. The first-order valence-corrected chi connectivity index (χ1v) is 5.98. The summed E-state index contributed by atoms with van der Waals surface area (Å²) in [5.74, 6) is 0.0865. The molecule has 1 fully saturated rings. The van der Waals surface area contributed by atoms with E-state index in [2.05, 4.69) is 32.9 Å². The van der Waals surface area contributed by atoms with Gasteiger partial charge in [0, 0.05) is 61.7 Å². The van der Waals surface area contributed by atoms with Crippen LogP contribution in [-0.2, 0) is 9.53 Å². The lowest BCUT2D eigenvalue weighted by atomic mass is 10.2. The van der Waals surface area contributed by atoms with E-state index < -0.39 is 0 Å². The maximum Gasteiger partial charge on any atom is 0.246 e. The second-order valence-electron chi connectivity index (χ2n) is 3.61. The number of carbonyl (C=O) groups is 1. The summed E-state index contributed by atoms with van der Waals surface area (Å²) in [5, 5.41) is 0. The summed E-state index contributed by atoms with van der Waals surface area (Å²) in [6, 6.07) is 0.430. The number of rotatable bonds is 3. The Bertz CT molecular complexity index is 246. The maximum atomic E-state index is 11.7. The van der Waals surface area contributed by atoms with Gasteiger partial charge in [-0.2, -0.15) is 0 Å². The number of ether oxygens (including phenoxy) is 1. The average Bonchev–Trinajstić information content (AvgIpc) is 2.22. The predicted octanol–water partition coefficient (Wildman–Crippen LogP) is 1.07. The molecule has 1 amide bonds. The quantitative estimate of drug-likeness (QED) is 0.442. The van der Waals surface area contributed by atoms with Crippen molar-refractivity contribution in [2.24, 2.45) is 0 Å². The number of carbonyl (C=O) groups excluding carboxylic acids is 1. The van der Waals surface area contributed by atoms with E-state index in [-0.39, 0.29) is 5.91 Å². The minimum absolute atomic E-state index is 0.0865.